The summed E-state index contributed by atoms with van der Waals surface area (Å²) >= 11 is 6.53. The summed E-state index contributed by atoms with van der Waals surface area (Å²) in [5, 5.41) is 2.45. The Kier molecular flexibility index (Phi) is 7.79. The van der Waals surface area contributed by atoms with Gasteiger partial charge in [0.25, 0.3) is 11.8 Å². The molecule has 1 fully saturated rings. The maximum Gasteiger partial charge on any atom is 0.335 e. The van der Waals surface area contributed by atoms with Crippen LogP contribution in [0.25, 0.3) is 6.08 Å². The third kappa shape index (κ3) is 5.76. The second kappa shape index (κ2) is 11.2. The van der Waals surface area contributed by atoms with E-state index in [0.717, 1.165) is 16.0 Å². The van der Waals surface area contributed by atoms with Crippen LogP contribution in [0, 0.1) is 6.92 Å². The zero-order valence-corrected chi connectivity index (χ0v) is 21.3. The Balaban J connectivity index is 1.64. The van der Waals surface area contributed by atoms with Crippen LogP contribution in [-0.2, 0) is 16.2 Å². The number of barbiturate groups is 1. The van der Waals surface area contributed by atoms with E-state index < -0.39 is 17.8 Å². The first-order valence-corrected chi connectivity index (χ1v) is 11.9. The smallest absolute Gasteiger partial charge is 0.335 e. The fourth-order valence-electron chi connectivity index (χ4n) is 3.70. The van der Waals surface area contributed by atoms with Crippen molar-refractivity contribution in [2.45, 2.75) is 20.5 Å². The van der Waals surface area contributed by atoms with Crippen LogP contribution in [0.15, 0.2) is 66.2 Å². The molecule has 37 heavy (non-hydrogen) atoms. The second-order valence-corrected chi connectivity index (χ2v) is 8.60. The van der Waals surface area contributed by atoms with Gasteiger partial charge in [-0.3, -0.25) is 14.9 Å². The Labute approximate surface area is 219 Å². The third-order valence-electron chi connectivity index (χ3n) is 5.58. The van der Waals surface area contributed by atoms with Gasteiger partial charge in [-0.1, -0.05) is 41.4 Å². The molecule has 3 aromatic rings. The number of amides is 4. The number of nitrogens with one attached hydrogen (secondary N) is 1. The van der Waals surface area contributed by atoms with Crippen LogP contribution >= 0.6 is 11.6 Å². The predicted octanol–water partition coefficient (Wildman–Crippen LogP) is 5.30. The Morgan fingerprint density at radius 2 is 1.68 bits per heavy atom. The Morgan fingerprint density at radius 3 is 2.32 bits per heavy atom. The molecule has 0 unspecified atom stereocenters. The summed E-state index contributed by atoms with van der Waals surface area (Å²) in [6, 6.07) is 16.6. The van der Waals surface area contributed by atoms with Crippen LogP contribution in [0.4, 0.5) is 10.5 Å². The normalized spacial score (nSPS) is 14.5. The van der Waals surface area contributed by atoms with Gasteiger partial charge in [-0.05, 0) is 67.4 Å². The number of rotatable bonds is 8. The molecule has 4 amide bonds. The molecule has 1 heterocycles. The number of aryl methyl sites for hydroxylation is 1. The largest absolute Gasteiger partial charge is 0.497 e. The molecule has 0 atom stereocenters. The monoisotopic (exact) mass is 520 g/mol. The lowest BCUT2D eigenvalue weighted by molar-refractivity contribution is -0.122. The van der Waals surface area contributed by atoms with Crippen LogP contribution in [0.5, 0.6) is 17.2 Å². The second-order valence-electron chi connectivity index (χ2n) is 8.19. The van der Waals surface area contributed by atoms with Gasteiger partial charge in [0.15, 0.2) is 11.5 Å². The van der Waals surface area contributed by atoms with Crippen LogP contribution < -0.4 is 24.4 Å². The van der Waals surface area contributed by atoms with Gasteiger partial charge in [-0.15, -0.1) is 0 Å². The average molecular weight is 521 g/mol. The summed E-state index contributed by atoms with van der Waals surface area (Å²) in [4.78, 5) is 39.1. The first-order valence-electron chi connectivity index (χ1n) is 11.5. The lowest BCUT2D eigenvalue weighted by Gasteiger charge is -2.26. The molecule has 4 rings (SSSR count). The molecule has 190 valence electrons. The minimum Gasteiger partial charge on any atom is -0.497 e. The van der Waals surface area contributed by atoms with E-state index in [4.69, 9.17) is 25.8 Å². The van der Waals surface area contributed by atoms with Gasteiger partial charge >= 0.3 is 6.03 Å². The number of benzene rings is 3. The van der Waals surface area contributed by atoms with Gasteiger partial charge in [-0.25, -0.2) is 9.69 Å². The molecule has 8 nitrogen and oxygen atoms in total. The van der Waals surface area contributed by atoms with Crippen molar-refractivity contribution < 1.29 is 28.6 Å². The number of anilines is 1. The lowest BCUT2D eigenvalue weighted by Crippen LogP contribution is -2.54. The molecule has 1 aliphatic heterocycles. The maximum absolute atomic E-state index is 13.2. The number of nitrogens with zero attached hydrogens (tertiary/aromatic N) is 1. The summed E-state index contributed by atoms with van der Waals surface area (Å²) < 4.78 is 16.8. The predicted molar refractivity (Wildman–Crippen MR) is 140 cm³/mol. The van der Waals surface area contributed by atoms with Gasteiger partial charge in [0.2, 0.25) is 0 Å². The van der Waals surface area contributed by atoms with E-state index in [1.54, 1.807) is 36.4 Å². The molecular weight excluding hydrogens is 496 g/mol. The minimum absolute atomic E-state index is 0.234. The molecule has 1 aliphatic rings. The van der Waals surface area contributed by atoms with E-state index in [1.807, 2.05) is 38.1 Å². The van der Waals surface area contributed by atoms with Crippen molar-refractivity contribution >= 4 is 41.2 Å². The quantitative estimate of drug-likeness (QED) is 0.320. The lowest BCUT2D eigenvalue weighted by atomic mass is 10.1. The van der Waals surface area contributed by atoms with E-state index in [1.165, 1.54) is 13.2 Å². The Hall–Kier alpha value is -4.30. The van der Waals surface area contributed by atoms with E-state index >= 15 is 0 Å². The Bertz CT molecular complexity index is 1370. The van der Waals surface area contributed by atoms with E-state index in [-0.39, 0.29) is 22.9 Å². The average Bonchev–Trinajstić information content (AvgIpc) is 2.87. The number of hydrogen-bond donors (Lipinski definition) is 1. The highest BCUT2D eigenvalue weighted by molar-refractivity contribution is 6.39. The SMILES string of the molecule is CCOc1cc(/C=C2\C(=O)NC(=O)N(c3ccc(OC)cc3)C2=O)cc(Cl)c1OCc1ccc(C)cc1. The number of methoxy groups -OCH3 is 1. The van der Waals surface area contributed by atoms with Gasteiger partial charge in [0.05, 0.1) is 24.4 Å². The van der Waals surface area contributed by atoms with Crippen LogP contribution in [0.2, 0.25) is 5.02 Å². The fraction of sp³-hybridized carbons (Fsp3) is 0.179. The number of ether oxygens (including phenoxy) is 3. The zero-order valence-electron chi connectivity index (χ0n) is 20.5. The maximum atomic E-state index is 13.2. The van der Waals surface area contributed by atoms with Crippen molar-refractivity contribution in [3.8, 4) is 17.2 Å². The standard InChI is InChI=1S/C28H25ClN2O6/c1-4-36-24-15-19(14-23(29)25(24)37-16-18-7-5-17(2)6-8-18)13-22-26(32)30-28(34)31(27(22)33)20-9-11-21(35-3)12-10-20/h5-15H,4,16H2,1-3H3,(H,30,32,34)/b22-13+. The molecule has 0 aromatic heterocycles. The van der Waals surface area contributed by atoms with Crippen molar-refractivity contribution in [3.63, 3.8) is 0 Å². The molecular formula is C28H25ClN2O6. The number of urea groups is 1. The van der Waals surface area contributed by atoms with Crippen LogP contribution in [0.1, 0.15) is 23.6 Å². The number of carbonyl (C=O) groups excluding carboxylic acids is 3. The van der Waals surface area contributed by atoms with Crippen LogP contribution in [0.3, 0.4) is 0 Å². The van der Waals surface area contributed by atoms with Crippen LogP contribution in [-0.4, -0.2) is 31.6 Å². The summed E-state index contributed by atoms with van der Waals surface area (Å²) in [6.45, 7) is 4.45. The summed E-state index contributed by atoms with van der Waals surface area (Å²) in [5.74, 6) is -0.314. The van der Waals surface area contributed by atoms with Gasteiger partial charge in [-0.2, -0.15) is 0 Å². The highest BCUT2D eigenvalue weighted by Crippen LogP contribution is 2.38. The van der Waals surface area contributed by atoms with Crippen molar-refractivity contribution in [1.82, 2.24) is 5.32 Å². The number of imide groups is 2. The molecule has 9 heteroatoms. The topological polar surface area (TPSA) is 94.2 Å². The number of hydrogen-bond acceptors (Lipinski definition) is 6. The van der Waals surface area contributed by atoms with Crippen molar-refractivity contribution in [1.29, 1.82) is 0 Å². The van der Waals surface area contributed by atoms with Crippen molar-refractivity contribution in [3.05, 3.63) is 87.9 Å². The van der Waals surface area contributed by atoms with Crippen molar-refractivity contribution in [2.24, 2.45) is 0 Å². The zero-order chi connectivity index (χ0) is 26.5. The molecule has 1 N–H and O–H groups in total. The van der Waals surface area contributed by atoms with E-state index in [9.17, 15) is 14.4 Å². The summed E-state index contributed by atoms with van der Waals surface area (Å²) in [5.41, 5.74) is 2.58. The molecule has 0 bridgehead atoms. The van der Waals surface area contributed by atoms with Gasteiger partial charge in [0, 0.05) is 0 Å². The molecule has 0 radical (unpaired) electrons. The first-order chi connectivity index (χ1) is 17.8. The summed E-state index contributed by atoms with van der Waals surface area (Å²) in [7, 11) is 1.51. The molecule has 1 saturated heterocycles. The van der Waals surface area contributed by atoms with Gasteiger partial charge in [0.1, 0.15) is 17.9 Å². The third-order valence-corrected chi connectivity index (χ3v) is 5.86. The van der Waals surface area contributed by atoms with Gasteiger partial charge < -0.3 is 14.2 Å². The first kappa shape index (κ1) is 25.8. The highest BCUT2D eigenvalue weighted by Gasteiger charge is 2.37. The molecule has 0 aliphatic carbocycles. The molecule has 0 spiro atoms. The van der Waals surface area contributed by atoms with Crippen molar-refractivity contribution in [2.75, 3.05) is 18.6 Å². The summed E-state index contributed by atoms with van der Waals surface area (Å²) in [6.07, 6.45) is 1.36. The number of carbonyl (C=O) groups is 3. The molecule has 0 saturated carbocycles. The number of halogens is 1. The van der Waals surface area contributed by atoms with E-state index in [2.05, 4.69) is 5.32 Å². The molecule has 3 aromatic carbocycles. The fourth-order valence-corrected chi connectivity index (χ4v) is 3.98. The Morgan fingerprint density at radius 1 is 0.973 bits per heavy atom. The minimum atomic E-state index is -0.842. The highest BCUT2D eigenvalue weighted by atomic mass is 35.5. The van der Waals surface area contributed by atoms with E-state index in [0.29, 0.717) is 29.4 Å².